The second-order valence-electron chi connectivity index (χ2n) is 16.0. The van der Waals surface area contributed by atoms with Crippen molar-refractivity contribution in [2.45, 2.75) is 0 Å². The van der Waals surface area contributed by atoms with Crippen molar-refractivity contribution in [2.24, 2.45) is 0 Å². The van der Waals surface area contributed by atoms with Crippen LogP contribution >= 0.6 is 0 Å². The Kier molecular flexibility index (Phi) is 8.79. The molecular weight excluding hydrogens is 765 g/mol. The second kappa shape index (κ2) is 15.2. The number of para-hydroxylation sites is 3. The first-order valence-electron chi connectivity index (χ1n) is 21.4. The molecule has 0 aliphatic heterocycles. The lowest BCUT2D eigenvalue weighted by molar-refractivity contribution is 1.18. The van der Waals surface area contributed by atoms with Crippen LogP contribution < -0.4 is 0 Å². The lowest BCUT2D eigenvalue weighted by Gasteiger charge is -2.13. The minimum absolute atomic E-state index is 0.702. The van der Waals surface area contributed by atoms with E-state index in [2.05, 4.69) is 199 Å². The average Bonchev–Trinajstić information content (AvgIpc) is 3.70. The molecule has 0 amide bonds. The zero-order chi connectivity index (χ0) is 41.7. The van der Waals surface area contributed by atoms with Crippen molar-refractivity contribution < 1.29 is 0 Å². The topological polar surface area (TPSA) is 43.6 Å². The van der Waals surface area contributed by atoms with E-state index in [4.69, 9.17) is 15.0 Å². The third kappa shape index (κ3) is 6.44. The molecular formula is C59H38N4. The van der Waals surface area contributed by atoms with Gasteiger partial charge < -0.3 is 4.57 Å². The maximum atomic E-state index is 5.27. The summed E-state index contributed by atoms with van der Waals surface area (Å²) in [5.74, 6) is 0.702. The van der Waals surface area contributed by atoms with Gasteiger partial charge >= 0.3 is 0 Å². The minimum Gasteiger partial charge on any atom is -0.309 e. The van der Waals surface area contributed by atoms with Gasteiger partial charge in [-0.1, -0.05) is 194 Å². The molecule has 0 spiro atoms. The van der Waals surface area contributed by atoms with Gasteiger partial charge in [0.2, 0.25) is 0 Å². The third-order valence-corrected chi connectivity index (χ3v) is 12.2. The maximum absolute atomic E-state index is 5.27. The molecule has 0 saturated heterocycles. The van der Waals surface area contributed by atoms with E-state index >= 15 is 0 Å². The average molecular weight is 803 g/mol. The van der Waals surface area contributed by atoms with Gasteiger partial charge in [0.05, 0.1) is 33.6 Å². The van der Waals surface area contributed by atoms with Crippen LogP contribution in [0.1, 0.15) is 0 Å². The molecule has 0 aliphatic rings. The van der Waals surface area contributed by atoms with Crippen molar-refractivity contribution in [3.8, 4) is 73.1 Å². The quantitative estimate of drug-likeness (QED) is 0.151. The molecule has 63 heavy (non-hydrogen) atoms. The first-order chi connectivity index (χ1) is 31.2. The zero-order valence-electron chi connectivity index (χ0n) is 34.2. The summed E-state index contributed by atoms with van der Waals surface area (Å²) in [6.07, 6.45) is 0. The molecule has 0 N–H and O–H groups in total. The van der Waals surface area contributed by atoms with Crippen LogP contribution in [0.15, 0.2) is 231 Å². The number of aromatic nitrogens is 4. The molecule has 4 nitrogen and oxygen atoms in total. The Morgan fingerprint density at radius 1 is 0.302 bits per heavy atom. The molecule has 4 heteroatoms. The predicted octanol–water partition coefficient (Wildman–Crippen LogP) is 15.3. The molecule has 3 heterocycles. The molecule has 0 bridgehead atoms. The Labute approximate surface area is 365 Å². The van der Waals surface area contributed by atoms with Crippen LogP contribution in [-0.4, -0.2) is 19.5 Å². The summed E-state index contributed by atoms with van der Waals surface area (Å²) in [6, 6.07) is 81.6. The Bertz CT molecular complexity index is 3560. The SMILES string of the molecule is c1ccc(-c2cc(-c3ccccc3)nc(-c3ccc(-c4ccc(-c5cccc6c7cc8c(cc7n(-c7ccccc7)c56)c(-c5ccccc5)nc5ccccc58)cc4)cc3)n2)cc1. The molecule has 12 rings (SSSR count). The summed E-state index contributed by atoms with van der Waals surface area (Å²) in [7, 11) is 0. The van der Waals surface area contributed by atoms with Gasteiger partial charge in [0, 0.05) is 55.0 Å². The Balaban J connectivity index is 0.967. The van der Waals surface area contributed by atoms with Gasteiger partial charge in [-0.05, 0) is 58.5 Å². The van der Waals surface area contributed by atoms with Gasteiger partial charge in [0.1, 0.15) is 0 Å². The highest BCUT2D eigenvalue weighted by Gasteiger charge is 2.20. The van der Waals surface area contributed by atoms with Crippen LogP contribution in [0.5, 0.6) is 0 Å². The van der Waals surface area contributed by atoms with Gasteiger partial charge in [-0.25, -0.2) is 15.0 Å². The van der Waals surface area contributed by atoms with Crippen molar-refractivity contribution in [1.29, 1.82) is 0 Å². The van der Waals surface area contributed by atoms with E-state index in [1.807, 2.05) is 36.4 Å². The monoisotopic (exact) mass is 802 g/mol. The van der Waals surface area contributed by atoms with E-state index in [0.29, 0.717) is 5.82 Å². The van der Waals surface area contributed by atoms with Crippen LogP contribution in [0.2, 0.25) is 0 Å². The highest BCUT2D eigenvalue weighted by molar-refractivity contribution is 6.21. The van der Waals surface area contributed by atoms with Crippen molar-refractivity contribution >= 4 is 43.5 Å². The fourth-order valence-electron chi connectivity index (χ4n) is 9.15. The van der Waals surface area contributed by atoms with Gasteiger partial charge in [-0.3, -0.25) is 0 Å². The molecule has 0 unspecified atom stereocenters. The molecule has 9 aromatic carbocycles. The molecule has 0 saturated carbocycles. The molecule has 0 atom stereocenters. The van der Waals surface area contributed by atoms with Crippen molar-refractivity contribution in [1.82, 2.24) is 19.5 Å². The Hall–Kier alpha value is -8.47. The van der Waals surface area contributed by atoms with E-state index in [-0.39, 0.29) is 0 Å². The highest BCUT2D eigenvalue weighted by atomic mass is 15.0. The smallest absolute Gasteiger partial charge is 0.160 e. The Morgan fingerprint density at radius 2 is 0.825 bits per heavy atom. The number of hydrogen-bond acceptors (Lipinski definition) is 3. The lowest BCUT2D eigenvalue weighted by atomic mass is 9.96. The lowest BCUT2D eigenvalue weighted by Crippen LogP contribution is -1.96. The summed E-state index contributed by atoms with van der Waals surface area (Å²) < 4.78 is 2.44. The number of nitrogens with zero attached hydrogens (tertiary/aromatic N) is 4. The van der Waals surface area contributed by atoms with Gasteiger partial charge in [-0.2, -0.15) is 0 Å². The zero-order valence-corrected chi connectivity index (χ0v) is 34.2. The Morgan fingerprint density at radius 3 is 1.46 bits per heavy atom. The van der Waals surface area contributed by atoms with Crippen molar-refractivity contribution in [2.75, 3.05) is 0 Å². The largest absolute Gasteiger partial charge is 0.309 e. The number of pyridine rings is 1. The first-order valence-corrected chi connectivity index (χ1v) is 21.4. The molecule has 3 aromatic heterocycles. The summed E-state index contributed by atoms with van der Waals surface area (Å²) in [5.41, 5.74) is 16.0. The summed E-state index contributed by atoms with van der Waals surface area (Å²) >= 11 is 0. The van der Waals surface area contributed by atoms with Crippen LogP contribution in [0.4, 0.5) is 0 Å². The standard InChI is InChI=1S/C59H38N4/c1-5-16-42(17-6-1)54-38-55(43-18-7-2-8-19-43)62-59(61-54)45-34-30-40(31-35-45)39-28-32-41(33-29-39)47-25-15-26-49-51-36-50-48-24-13-14-27-53(48)60-57(44-20-9-3-10-21-44)52(50)37-56(51)63(58(47)49)46-22-11-4-12-23-46/h1-38H. The van der Waals surface area contributed by atoms with Gasteiger partial charge in [0.25, 0.3) is 0 Å². The fourth-order valence-corrected chi connectivity index (χ4v) is 9.15. The van der Waals surface area contributed by atoms with E-state index in [1.165, 1.54) is 27.2 Å². The van der Waals surface area contributed by atoms with E-state index in [9.17, 15) is 0 Å². The summed E-state index contributed by atoms with van der Waals surface area (Å²) in [6.45, 7) is 0. The summed E-state index contributed by atoms with van der Waals surface area (Å²) in [4.78, 5) is 15.4. The van der Waals surface area contributed by atoms with Gasteiger partial charge in [-0.15, -0.1) is 0 Å². The van der Waals surface area contributed by atoms with Crippen molar-refractivity contribution in [3.05, 3.63) is 231 Å². The normalized spacial score (nSPS) is 11.5. The first kappa shape index (κ1) is 36.4. The predicted molar refractivity (Wildman–Crippen MR) is 262 cm³/mol. The van der Waals surface area contributed by atoms with E-state index in [1.54, 1.807) is 0 Å². The number of rotatable bonds is 7. The maximum Gasteiger partial charge on any atom is 0.160 e. The number of hydrogen-bond donors (Lipinski definition) is 0. The fraction of sp³-hybridized carbons (Fsp3) is 0. The van der Waals surface area contributed by atoms with E-state index < -0.39 is 0 Å². The molecule has 0 radical (unpaired) electrons. The van der Waals surface area contributed by atoms with Crippen molar-refractivity contribution in [3.63, 3.8) is 0 Å². The number of fused-ring (bicyclic) bond motifs is 6. The third-order valence-electron chi connectivity index (χ3n) is 12.2. The van der Waals surface area contributed by atoms with Crippen LogP contribution in [-0.2, 0) is 0 Å². The number of benzene rings is 9. The second-order valence-corrected chi connectivity index (χ2v) is 16.0. The highest BCUT2D eigenvalue weighted by Crippen LogP contribution is 2.43. The summed E-state index contributed by atoms with van der Waals surface area (Å²) in [5, 5.41) is 5.91. The minimum atomic E-state index is 0.702. The van der Waals surface area contributed by atoms with Crippen LogP contribution in [0, 0.1) is 0 Å². The van der Waals surface area contributed by atoms with E-state index in [0.717, 1.165) is 83.5 Å². The van der Waals surface area contributed by atoms with Gasteiger partial charge in [0.15, 0.2) is 5.82 Å². The van der Waals surface area contributed by atoms with Crippen LogP contribution in [0.3, 0.4) is 0 Å². The molecule has 12 aromatic rings. The molecule has 294 valence electrons. The molecule has 0 fully saturated rings. The molecule has 0 aliphatic carbocycles. The van der Waals surface area contributed by atoms with Crippen LogP contribution in [0.25, 0.3) is 117 Å².